The van der Waals surface area contributed by atoms with Crippen molar-refractivity contribution in [2.75, 3.05) is 19.1 Å². The van der Waals surface area contributed by atoms with Gasteiger partial charge in [-0.15, -0.1) is 0 Å². The van der Waals surface area contributed by atoms with Crippen molar-refractivity contribution < 1.29 is 4.74 Å². The first-order valence-electron chi connectivity index (χ1n) is 6.49. The molecule has 0 fully saturated rings. The van der Waals surface area contributed by atoms with Crippen LogP contribution in [-0.2, 0) is 6.54 Å². The molecule has 6 nitrogen and oxygen atoms in total. The van der Waals surface area contributed by atoms with Crippen molar-refractivity contribution in [3.05, 3.63) is 39.7 Å². The molecular weight excluding hydrogens is 370 g/mol. The van der Waals surface area contributed by atoms with E-state index in [9.17, 15) is 0 Å². The number of hydrogen-bond acceptors (Lipinski definition) is 5. The molecule has 0 bridgehead atoms. The Labute approximate surface area is 140 Å². The van der Waals surface area contributed by atoms with Gasteiger partial charge in [-0.05, 0) is 45.2 Å². The Morgan fingerprint density at radius 2 is 1.95 bits per heavy atom. The first-order valence-corrected chi connectivity index (χ1v) is 7.66. The summed E-state index contributed by atoms with van der Waals surface area (Å²) >= 11 is 9.38. The molecule has 114 valence electrons. The molecule has 8 heteroatoms. The first kappa shape index (κ1) is 15.1. The van der Waals surface area contributed by atoms with Crippen LogP contribution in [0, 0.1) is 0 Å². The number of nitrogens with one attached hydrogen (secondary N) is 1. The lowest BCUT2D eigenvalue weighted by Gasteiger charge is -2.18. The minimum Gasteiger partial charge on any atom is -0.497 e. The van der Waals surface area contributed by atoms with Crippen molar-refractivity contribution in [1.29, 1.82) is 0 Å². The summed E-state index contributed by atoms with van der Waals surface area (Å²) < 4.78 is 5.85. The number of anilines is 1. The molecule has 3 rings (SSSR count). The van der Waals surface area contributed by atoms with Crippen LogP contribution in [0.2, 0.25) is 5.28 Å². The molecule has 0 atom stereocenters. The predicted molar refractivity (Wildman–Crippen MR) is 89.5 cm³/mol. The number of halogens is 2. The highest BCUT2D eigenvalue weighted by molar-refractivity contribution is 9.10. The Kier molecular flexibility index (Phi) is 4.17. The normalized spacial score (nSPS) is 10.9. The Bertz CT molecular complexity index is 805. The fourth-order valence-corrected chi connectivity index (χ4v) is 2.71. The van der Waals surface area contributed by atoms with Gasteiger partial charge in [0.25, 0.3) is 0 Å². The van der Waals surface area contributed by atoms with E-state index in [1.165, 1.54) is 0 Å². The molecule has 0 saturated heterocycles. The number of fused-ring (bicyclic) bond motifs is 1. The molecule has 0 radical (unpaired) electrons. The quantitative estimate of drug-likeness (QED) is 0.700. The van der Waals surface area contributed by atoms with E-state index in [0.717, 1.165) is 11.3 Å². The van der Waals surface area contributed by atoms with Crippen LogP contribution in [-0.4, -0.2) is 34.3 Å². The lowest BCUT2D eigenvalue weighted by molar-refractivity contribution is 0.414. The highest BCUT2D eigenvalue weighted by Crippen LogP contribution is 2.28. The average molecular weight is 383 g/mol. The number of methoxy groups -OCH3 is 1. The number of H-pyrrole nitrogens is 1. The zero-order valence-electron chi connectivity index (χ0n) is 12.0. The molecular formula is C14H13BrClN5O. The number of benzene rings is 1. The van der Waals surface area contributed by atoms with Gasteiger partial charge in [-0.1, -0.05) is 12.1 Å². The summed E-state index contributed by atoms with van der Waals surface area (Å²) in [4.78, 5) is 10.5. The smallest absolute Gasteiger partial charge is 0.225 e. The maximum absolute atomic E-state index is 6.01. The van der Waals surface area contributed by atoms with Gasteiger partial charge in [0.05, 0.1) is 7.11 Å². The summed E-state index contributed by atoms with van der Waals surface area (Å²) in [6, 6.07) is 7.87. The zero-order valence-corrected chi connectivity index (χ0v) is 14.3. The number of aromatic amines is 1. The third-order valence-corrected chi connectivity index (χ3v) is 3.97. The molecule has 3 aromatic rings. The molecule has 2 aromatic heterocycles. The fourth-order valence-electron chi connectivity index (χ4n) is 2.18. The van der Waals surface area contributed by atoms with Crippen LogP contribution in [0.25, 0.3) is 11.0 Å². The van der Waals surface area contributed by atoms with Crippen LogP contribution < -0.4 is 9.64 Å². The van der Waals surface area contributed by atoms with E-state index in [0.29, 0.717) is 28.0 Å². The number of ether oxygens (including phenoxy) is 1. The summed E-state index contributed by atoms with van der Waals surface area (Å²) in [5, 5.41) is 7.26. The topological polar surface area (TPSA) is 66.9 Å². The van der Waals surface area contributed by atoms with Crippen molar-refractivity contribution in [3.63, 3.8) is 0 Å². The predicted octanol–water partition coefficient (Wildman–Crippen LogP) is 3.41. The van der Waals surface area contributed by atoms with Gasteiger partial charge in [0.2, 0.25) is 5.28 Å². The maximum atomic E-state index is 6.01. The van der Waals surface area contributed by atoms with E-state index in [2.05, 4.69) is 36.1 Å². The van der Waals surface area contributed by atoms with Crippen LogP contribution >= 0.6 is 27.5 Å². The molecule has 0 aliphatic carbocycles. The van der Waals surface area contributed by atoms with E-state index in [-0.39, 0.29) is 5.28 Å². The summed E-state index contributed by atoms with van der Waals surface area (Å²) in [6.45, 7) is 0.664. The number of aromatic nitrogens is 4. The van der Waals surface area contributed by atoms with Crippen molar-refractivity contribution in [1.82, 2.24) is 20.2 Å². The summed E-state index contributed by atoms with van der Waals surface area (Å²) in [7, 11) is 3.58. The molecule has 1 N–H and O–H groups in total. The monoisotopic (exact) mass is 381 g/mol. The van der Waals surface area contributed by atoms with E-state index >= 15 is 0 Å². The standard InChI is InChI=1S/C14H13BrClN5O/c1-21(7-8-3-5-9(22-2)6-4-8)13-11-10(12(15)20-19-11)17-14(16)18-13/h3-6H,7H2,1-2H3,(H,19,20). The summed E-state index contributed by atoms with van der Waals surface area (Å²) in [5.74, 6) is 1.50. The van der Waals surface area contributed by atoms with Gasteiger partial charge in [-0.3, -0.25) is 5.10 Å². The lowest BCUT2D eigenvalue weighted by Crippen LogP contribution is -2.18. The Morgan fingerprint density at radius 1 is 1.23 bits per heavy atom. The second kappa shape index (κ2) is 6.10. The number of rotatable bonds is 4. The molecule has 1 aromatic carbocycles. The van der Waals surface area contributed by atoms with Gasteiger partial charge in [-0.25, -0.2) is 4.98 Å². The third kappa shape index (κ3) is 2.86. The summed E-state index contributed by atoms with van der Waals surface area (Å²) in [5.41, 5.74) is 2.46. The average Bonchev–Trinajstić information content (AvgIpc) is 2.88. The van der Waals surface area contributed by atoms with Crippen LogP contribution in [0.5, 0.6) is 5.75 Å². The van der Waals surface area contributed by atoms with Crippen molar-refractivity contribution in [3.8, 4) is 5.75 Å². The minimum absolute atomic E-state index is 0.186. The van der Waals surface area contributed by atoms with Gasteiger partial charge in [-0.2, -0.15) is 10.1 Å². The molecule has 22 heavy (non-hydrogen) atoms. The first-order chi connectivity index (χ1) is 10.6. The third-order valence-electron chi connectivity index (χ3n) is 3.25. The van der Waals surface area contributed by atoms with E-state index < -0.39 is 0 Å². The Balaban J connectivity index is 1.92. The molecule has 0 saturated carbocycles. The van der Waals surface area contributed by atoms with Gasteiger partial charge in [0.1, 0.15) is 15.9 Å². The van der Waals surface area contributed by atoms with Crippen molar-refractivity contribution in [2.24, 2.45) is 0 Å². The summed E-state index contributed by atoms with van der Waals surface area (Å²) in [6.07, 6.45) is 0. The SMILES string of the molecule is COc1ccc(CN(C)c2nc(Cl)nc3c(Br)[nH]nc23)cc1. The largest absolute Gasteiger partial charge is 0.497 e. The molecule has 0 aliphatic heterocycles. The highest BCUT2D eigenvalue weighted by Gasteiger charge is 2.16. The van der Waals surface area contributed by atoms with E-state index in [1.54, 1.807) is 7.11 Å². The zero-order chi connectivity index (χ0) is 15.7. The number of nitrogens with zero attached hydrogens (tertiary/aromatic N) is 4. The molecule has 2 heterocycles. The van der Waals surface area contributed by atoms with Crippen molar-refractivity contribution >= 4 is 44.4 Å². The second-order valence-corrected chi connectivity index (χ2v) is 5.89. The van der Waals surface area contributed by atoms with Crippen LogP contribution in [0.3, 0.4) is 0 Å². The van der Waals surface area contributed by atoms with Crippen molar-refractivity contribution in [2.45, 2.75) is 6.54 Å². The van der Waals surface area contributed by atoms with Crippen LogP contribution in [0.1, 0.15) is 5.56 Å². The Hall–Kier alpha value is -1.86. The molecule has 0 spiro atoms. The highest BCUT2D eigenvalue weighted by atomic mass is 79.9. The maximum Gasteiger partial charge on any atom is 0.225 e. The fraction of sp³-hybridized carbons (Fsp3) is 0.214. The van der Waals surface area contributed by atoms with Gasteiger partial charge in [0, 0.05) is 13.6 Å². The molecule has 0 amide bonds. The van der Waals surface area contributed by atoms with Gasteiger partial charge >= 0.3 is 0 Å². The lowest BCUT2D eigenvalue weighted by atomic mass is 10.2. The van der Waals surface area contributed by atoms with E-state index in [1.807, 2.05) is 36.2 Å². The van der Waals surface area contributed by atoms with E-state index in [4.69, 9.17) is 16.3 Å². The second-order valence-electron chi connectivity index (χ2n) is 4.76. The Morgan fingerprint density at radius 3 is 2.64 bits per heavy atom. The van der Waals surface area contributed by atoms with Crippen LogP contribution in [0.4, 0.5) is 5.82 Å². The minimum atomic E-state index is 0.186. The van der Waals surface area contributed by atoms with Gasteiger partial charge in [0.15, 0.2) is 11.3 Å². The van der Waals surface area contributed by atoms with Gasteiger partial charge < -0.3 is 9.64 Å². The van der Waals surface area contributed by atoms with Crippen LogP contribution in [0.15, 0.2) is 28.9 Å². The molecule has 0 unspecified atom stereocenters. The molecule has 0 aliphatic rings. The number of hydrogen-bond donors (Lipinski definition) is 1.